The Morgan fingerprint density at radius 1 is 1.02 bits per heavy atom. The summed E-state index contributed by atoms with van der Waals surface area (Å²) in [6.45, 7) is 9.15. The van der Waals surface area contributed by atoms with Crippen LogP contribution >= 0.6 is 0 Å². The third kappa shape index (κ3) is 10.3. The quantitative estimate of drug-likeness (QED) is 0.218. The van der Waals surface area contributed by atoms with E-state index in [2.05, 4.69) is 25.9 Å². The number of benzene rings is 1. The molecule has 1 saturated heterocycles. The van der Waals surface area contributed by atoms with Crippen LogP contribution in [0.3, 0.4) is 0 Å². The number of nitrogens with one attached hydrogen (secondary N) is 4. The van der Waals surface area contributed by atoms with Crippen LogP contribution in [0.15, 0.2) is 42.9 Å². The van der Waals surface area contributed by atoms with Gasteiger partial charge in [0.1, 0.15) is 17.7 Å². The van der Waals surface area contributed by atoms with Crippen LogP contribution < -0.4 is 16.0 Å². The van der Waals surface area contributed by atoms with Crippen molar-refractivity contribution < 1.29 is 29.0 Å². The number of carbonyl (C=O) groups is 4. The smallest absolute Gasteiger partial charge is 0.408 e. The Labute approximate surface area is 284 Å². The van der Waals surface area contributed by atoms with E-state index in [1.165, 1.54) is 6.33 Å². The van der Waals surface area contributed by atoms with Gasteiger partial charge in [0.2, 0.25) is 17.7 Å². The molecule has 0 spiro atoms. The van der Waals surface area contributed by atoms with E-state index in [1.807, 2.05) is 44.2 Å². The minimum Gasteiger partial charge on any atom is -0.444 e. The zero-order chi connectivity index (χ0) is 35.1. The largest absolute Gasteiger partial charge is 0.444 e. The fraction of sp³-hybridized carbons (Fsp3) is 0.639. The van der Waals surface area contributed by atoms with E-state index in [1.54, 1.807) is 38.9 Å². The molecule has 0 radical (unpaired) electrons. The molecule has 4 rings (SSSR count). The Balaban J connectivity index is 1.57. The highest BCUT2D eigenvalue weighted by molar-refractivity contribution is 5.92. The van der Waals surface area contributed by atoms with Crippen molar-refractivity contribution in [3.05, 3.63) is 54.1 Å². The summed E-state index contributed by atoms with van der Waals surface area (Å²) in [5.74, 6) is -1.56. The van der Waals surface area contributed by atoms with Crippen molar-refractivity contribution in [2.24, 2.45) is 11.8 Å². The number of likely N-dealkylation sites (tertiary alicyclic amines) is 1. The number of amides is 4. The minimum atomic E-state index is -1.10. The fourth-order valence-electron chi connectivity index (χ4n) is 6.81. The van der Waals surface area contributed by atoms with Gasteiger partial charge < -0.3 is 35.7 Å². The van der Waals surface area contributed by atoms with Gasteiger partial charge in [-0.05, 0) is 58.9 Å². The monoisotopic (exact) mass is 666 g/mol. The van der Waals surface area contributed by atoms with Crippen molar-refractivity contribution in [2.75, 3.05) is 7.05 Å². The van der Waals surface area contributed by atoms with Gasteiger partial charge in [0, 0.05) is 37.3 Å². The average Bonchev–Trinajstić information content (AvgIpc) is 3.61. The molecule has 1 aromatic heterocycles. The maximum atomic E-state index is 14.2. The first-order valence-electron chi connectivity index (χ1n) is 17.2. The molecule has 5 N–H and O–H groups in total. The number of alkyl carbamates (subject to hydrolysis) is 1. The number of hydrogen-bond acceptors (Lipinski definition) is 7. The third-order valence-electron chi connectivity index (χ3n) is 9.64. The summed E-state index contributed by atoms with van der Waals surface area (Å²) >= 11 is 0. The first-order chi connectivity index (χ1) is 22.6. The molecular formula is C36H54N6O6. The van der Waals surface area contributed by atoms with Crippen LogP contribution in [0.25, 0.3) is 0 Å². The van der Waals surface area contributed by atoms with Crippen molar-refractivity contribution in [3.8, 4) is 0 Å². The van der Waals surface area contributed by atoms with Gasteiger partial charge in [-0.2, -0.15) is 0 Å². The van der Waals surface area contributed by atoms with E-state index in [-0.39, 0.29) is 18.7 Å². The predicted molar refractivity (Wildman–Crippen MR) is 182 cm³/mol. The summed E-state index contributed by atoms with van der Waals surface area (Å²) in [5, 5.41) is 20.4. The van der Waals surface area contributed by atoms with Crippen molar-refractivity contribution >= 4 is 23.8 Å². The predicted octanol–water partition coefficient (Wildman–Crippen LogP) is 3.65. The van der Waals surface area contributed by atoms with Crippen molar-refractivity contribution in [1.29, 1.82) is 0 Å². The van der Waals surface area contributed by atoms with Crippen molar-refractivity contribution in [3.63, 3.8) is 0 Å². The van der Waals surface area contributed by atoms with Crippen LogP contribution in [0.5, 0.6) is 0 Å². The number of nitrogens with zero attached hydrogens (tertiary/aromatic N) is 2. The summed E-state index contributed by atoms with van der Waals surface area (Å²) in [6, 6.07) is 6.45. The first kappa shape index (κ1) is 36.9. The van der Waals surface area contributed by atoms with Gasteiger partial charge in [-0.1, -0.05) is 62.4 Å². The lowest BCUT2D eigenvalue weighted by atomic mass is 9.80. The molecule has 0 unspecified atom stereocenters. The number of aromatic nitrogens is 2. The fourth-order valence-corrected chi connectivity index (χ4v) is 6.81. The normalized spacial score (nSPS) is 20.8. The molecule has 1 aliphatic heterocycles. The maximum absolute atomic E-state index is 14.2. The van der Waals surface area contributed by atoms with E-state index in [4.69, 9.17) is 4.74 Å². The van der Waals surface area contributed by atoms with E-state index >= 15 is 0 Å². The molecule has 5 atom stereocenters. The highest BCUT2D eigenvalue weighted by Crippen LogP contribution is 2.37. The summed E-state index contributed by atoms with van der Waals surface area (Å²) in [5.41, 5.74) is 0.232. The molecule has 2 aliphatic rings. The molecule has 2 fully saturated rings. The number of hydrogen-bond donors (Lipinski definition) is 5. The molecule has 2 aromatic rings. The Bertz CT molecular complexity index is 1370. The van der Waals surface area contributed by atoms with Gasteiger partial charge in [0.15, 0.2) is 0 Å². The highest BCUT2D eigenvalue weighted by Gasteiger charge is 2.48. The summed E-state index contributed by atoms with van der Waals surface area (Å²) in [4.78, 5) is 62.9. The molecule has 1 aliphatic carbocycles. The Hall–Kier alpha value is -3.93. The molecule has 1 aromatic carbocycles. The average molecular weight is 667 g/mol. The number of ether oxygens (including phenoxy) is 1. The van der Waals surface area contributed by atoms with Gasteiger partial charge in [0.05, 0.1) is 24.4 Å². The van der Waals surface area contributed by atoms with Crippen LogP contribution in [0, 0.1) is 11.8 Å². The Morgan fingerprint density at radius 3 is 2.25 bits per heavy atom. The molecule has 264 valence electrons. The van der Waals surface area contributed by atoms with E-state index < -0.39 is 59.2 Å². The van der Waals surface area contributed by atoms with Crippen molar-refractivity contribution in [1.82, 2.24) is 30.8 Å². The number of aliphatic hydroxyl groups is 1. The lowest BCUT2D eigenvalue weighted by Crippen LogP contribution is -2.58. The number of carbonyl (C=O) groups excluding carboxylic acids is 4. The molecule has 0 bridgehead atoms. The zero-order valence-electron chi connectivity index (χ0n) is 29.3. The first-order valence-corrected chi connectivity index (χ1v) is 17.2. The Kier molecular flexibility index (Phi) is 12.3. The van der Waals surface area contributed by atoms with E-state index in [9.17, 15) is 24.3 Å². The van der Waals surface area contributed by atoms with Crippen molar-refractivity contribution in [2.45, 2.75) is 128 Å². The van der Waals surface area contributed by atoms with Crippen LogP contribution in [-0.2, 0) is 32.0 Å². The van der Waals surface area contributed by atoms with Gasteiger partial charge in [-0.3, -0.25) is 14.4 Å². The topological polar surface area (TPSA) is 166 Å². The third-order valence-corrected chi connectivity index (χ3v) is 9.64. The van der Waals surface area contributed by atoms with E-state index in [0.717, 1.165) is 37.7 Å². The maximum Gasteiger partial charge on any atom is 0.408 e. The molecule has 48 heavy (non-hydrogen) atoms. The molecule has 12 nitrogen and oxygen atoms in total. The summed E-state index contributed by atoms with van der Waals surface area (Å²) < 4.78 is 5.44. The number of aliphatic hydroxyl groups excluding tert-OH is 1. The van der Waals surface area contributed by atoms with Gasteiger partial charge >= 0.3 is 6.09 Å². The van der Waals surface area contributed by atoms with Gasteiger partial charge in [-0.15, -0.1) is 0 Å². The molecule has 12 heteroatoms. The molecule has 2 heterocycles. The van der Waals surface area contributed by atoms with Crippen LogP contribution in [-0.4, -0.2) is 86.2 Å². The lowest BCUT2D eigenvalue weighted by molar-refractivity contribution is -0.136. The standard InChI is InChI=1S/C36H54N6O6/c1-35(2,3)48-34(47)41-28(18-24-15-11-8-12-16-24)31(44)40-29(19-25-21-37-22-38-25)32(45)39-27(17-23-13-9-7-10-14-23)30(43)26-20-36(4,5)42(6)33(26)46/h8,11-12,15-16,21-23,26-30,43H,7,9-10,13-14,17-20H2,1-6H3,(H,37,38)(H,39,45)(H,40,44)(H,41,47)/t26-,27-,28-,29-,30-/m0/s1. The number of imidazole rings is 1. The Morgan fingerprint density at radius 2 is 1.67 bits per heavy atom. The molecular weight excluding hydrogens is 612 g/mol. The second-order valence-electron chi connectivity index (χ2n) is 15.1. The second kappa shape index (κ2) is 16.0. The van der Waals surface area contributed by atoms with E-state index in [0.29, 0.717) is 24.5 Å². The number of H-pyrrole nitrogens is 1. The minimum absolute atomic E-state index is 0.0897. The van der Waals surface area contributed by atoms with Gasteiger partial charge in [0.25, 0.3) is 0 Å². The highest BCUT2D eigenvalue weighted by atomic mass is 16.6. The van der Waals surface area contributed by atoms with Crippen LogP contribution in [0.4, 0.5) is 4.79 Å². The summed E-state index contributed by atoms with van der Waals surface area (Å²) in [7, 11) is 1.75. The second-order valence-corrected chi connectivity index (χ2v) is 15.1. The molecule has 4 amide bonds. The summed E-state index contributed by atoms with van der Waals surface area (Å²) in [6.07, 6.45) is 7.80. The van der Waals surface area contributed by atoms with Crippen LogP contribution in [0.2, 0.25) is 0 Å². The van der Waals surface area contributed by atoms with Gasteiger partial charge in [-0.25, -0.2) is 9.78 Å². The zero-order valence-corrected chi connectivity index (χ0v) is 29.3. The number of aromatic amines is 1. The van der Waals surface area contributed by atoms with Crippen LogP contribution in [0.1, 0.15) is 90.8 Å². The number of rotatable bonds is 13. The lowest BCUT2D eigenvalue weighted by Gasteiger charge is -2.33. The molecule has 1 saturated carbocycles. The SMILES string of the molecule is CN1C(=O)[C@H]([C@H](O)[C@H](CC2CCCCC2)NC(=O)[C@H](Cc2cnc[nH]2)NC(=O)[C@H](Cc2ccccc2)NC(=O)OC(C)(C)C)CC1(C)C.